The second kappa shape index (κ2) is 8.54. The van der Waals surface area contributed by atoms with Gasteiger partial charge in [0, 0.05) is 11.3 Å². The number of benzene rings is 2. The lowest BCUT2D eigenvalue weighted by Gasteiger charge is -2.19. The van der Waals surface area contributed by atoms with Crippen molar-refractivity contribution in [2.75, 3.05) is 5.32 Å². The Kier molecular flexibility index (Phi) is 6.53. The molecule has 31 heavy (non-hydrogen) atoms. The molecule has 2 aliphatic carbocycles. The number of aliphatic hydroxyl groups is 1. The van der Waals surface area contributed by atoms with Gasteiger partial charge in [0.05, 0.1) is 10.5 Å². The number of rotatable bonds is 3. The number of fused-ring (bicyclic) bond motifs is 2. The van der Waals surface area contributed by atoms with Gasteiger partial charge >= 0.3 is 6.03 Å². The van der Waals surface area contributed by atoms with E-state index in [1.807, 2.05) is 0 Å². The van der Waals surface area contributed by atoms with E-state index < -0.39 is 27.4 Å². The van der Waals surface area contributed by atoms with Gasteiger partial charge in [0.25, 0.3) is 0 Å². The number of halogens is 1. The van der Waals surface area contributed by atoms with Gasteiger partial charge in [-0.25, -0.2) is 18.5 Å². The summed E-state index contributed by atoms with van der Waals surface area (Å²) in [6, 6.07) is 5.04. The van der Waals surface area contributed by atoms with E-state index in [4.69, 9.17) is 5.14 Å². The van der Waals surface area contributed by atoms with Gasteiger partial charge in [0.15, 0.2) is 0 Å². The number of nitrogens with two attached hydrogens (primary N) is 1. The molecule has 9 heteroatoms. The van der Waals surface area contributed by atoms with Gasteiger partial charge in [-0.15, -0.1) is 4.36 Å². The minimum absolute atomic E-state index is 0. The third-order valence-electron chi connectivity index (χ3n) is 5.86. The summed E-state index contributed by atoms with van der Waals surface area (Å²) in [5.41, 5.74) is 4.19. The molecule has 0 aliphatic heterocycles. The summed E-state index contributed by atoms with van der Waals surface area (Å²) in [7, 11) is -3.65. The molecule has 6 nitrogen and oxygen atoms in total. The highest BCUT2D eigenvalue weighted by Gasteiger charge is 2.26. The average Bonchev–Trinajstić information content (AvgIpc) is 3.28. The second-order valence-corrected chi connectivity index (χ2v) is 10.3. The number of hydrogen-bond acceptors (Lipinski definition) is 3. The van der Waals surface area contributed by atoms with Crippen LogP contribution in [0.2, 0.25) is 0 Å². The quantitative estimate of drug-likeness (QED) is 0.636. The van der Waals surface area contributed by atoms with Gasteiger partial charge in [-0.1, -0.05) is 12.1 Å². The molecule has 0 saturated carbocycles. The fourth-order valence-electron chi connectivity index (χ4n) is 4.45. The maximum Gasteiger partial charge on any atom is 0.354 e. The Bertz CT molecular complexity index is 1130. The van der Waals surface area contributed by atoms with E-state index in [-0.39, 0.29) is 24.0 Å². The van der Waals surface area contributed by atoms with Crippen molar-refractivity contribution in [1.29, 1.82) is 0 Å². The van der Waals surface area contributed by atoms with Crippen LogP contribution in [-0.2, 0) is 41.2 Å². The van der Waals surface area contributed by atoms with Crippen LogP contribution in [0.5, 0.6) is 0 Å². The van der Waals surface area contributed by atoms with Gasteiger partial charge in [0.1, 0.15) is 15.7 Å². The van der Waals surface area contributed by atoms with Crippen LogP contribution in [-0.4, -0.2) is 15.3 Å². The molecule has 2 aromatic rings. The third kappa shape index (κ3) is 4.64. The van der Waals surface area contributed by atoms with E-state index in [2.05, 4.69) is 15.7 Å². The number of aryl methyl sites for hydroxylation is 2. The second-order valence-electron chi connectivity index (χ2n) is 8.52. The largest absolute Gasteiger partial charge is 0.386 e. The zero-order chi connectivity index (χ0) is 21.7. The number of nitrogens with zero attached hydrogens (tertiary/aromatic N) is 1. The molecular weight excluding hydrogens is 437 g/mol. The SMILES string of the molecule is CC(C)(O)c1ccc(S(N)(=O)=NC(=O)Nc2c3c(cc4c2CCC4)CCC3)cc1F.S. The van der Waals surface area contributed by atoms with Crippen LogP contribution < -0.4 is 10.5 Å². The first-order chi connectivity index (χ1) is 14.1. The minimum Gasteiger partial charge on any atom is -0.386 e. The van der Waals surface area contributed by atoms with Crippen LogP contribution in [0.4, 0.5) is 14.9 Å². The Morgan fingerprint density at radius 3 is 2.23 bits per heavy atom. The third-order valence-corrected chi connectivity index (χ3v) is 7.23. The summed E-state index contributed by atoms with van der Waals surface area (Å²) in [5.74, 6) is -0.757. The van der Waals surface area contributed by atoms with Crippen LogP contribution in [0.15, 0.2) is 33.5 Å². The lowest BCUT2D eigenvalue weighted by Crippen LogP contribution is -2.21. The zero-order valence-corrected chi connectivity index (χ0v) is 19.4. The first-order valence-corrected chi connectivity index (χ1v) is 11.7. The Labute approximate surface area is 189 Å². The lowest BCUT2D eigenvalue weighted by atomic mass is 9.98. The summed E-state index contributed by atoms with van der Waals surface area (Å²) >= 11 is 0. The summed E-state index contributed by atoms with van der Waals surface area (Å²) < 4.78 is 31.0. The number of hydrogen-bond donors (Lipinski definition) is 3. The summed E-state index contributed by atoms with van der Waals surface area (Å²) in [5, 5.41) is 18.6. The van der Waals surface area contributed by atoms with Crippen molar-refractivity contribution in [2.24, 2.45) is 9.50 Å². The first kappa shape index (κ1) is 23.7. The molecule has 0 heterocycles. The molecule has 0 bridgehead atoms. The number of anilines is 1. The van der Waals surface area contributed by atoms with E-state index >= 15 is 0 Å². The highest BCUT2D eigenvalue weighted by Crippen LogP contribution is 2.38. The topological polar surface area (TPSA) is 105 Å². The van der Waals surface area contributed by atoms with Gasteiger partial charge in [0.2, 0.25) is 0 Å². The molecule has 168 valence electrons. The monoisotopic (exact) mass is 465 g/mol. The molecule has 0 aromatic heterocycles. The minimum atomic E-state index is -3.65. The van der Waals surface area contributed by atoms with Crippen molar-refractivity contribution in [2.45, 2.75) is 62.9 Å². The summed E-state index contributed by atoms with van der Waals surface area (Å²) in [6.07, 6.45) is 5.84. The van der Waals surface area contributed by atoms with Gasteiger partial charge in [-0.05, 0) is 86.8 Å². The first-order valence-electron chi connectivity index (χ1n) is 10.1. The molecular formula is C22H28FN3O3S2. The van der Waals surface area contributed by atoms with Gasteiger partial charge in [-0.2, -0.15) is 13.5 Å². The Balaban J connectivity index is 0.00000272. The molecule has 4 rings (SSSR count). The number of carbonyl (C=O) groups is 1. The predicted molar refractivity (Wildman–Crippen MR) is 125 cm³/mol. The van der Waals surface area contributed by atoms with Crippen LogP contribution in [0, 0.1) is 5.82 Å². The molecule has 0 radical (unpaired) electrons. The molecule has 1 atom stereocenters. The van der Waals surface area contributed by atoms with Crippen LogP contribution in [0.25, 0.3) is 0 Å². The predicted octanol–water partition coefficient (Wildman–Crippen LogP) is 4.08. The van der Waals surface area contributed by atoms with E-state index in [0.29, 0.717) is 0 Å². The smallest absolute Gasteiger partial charge is 0.354 e. The van der Waals surface area contributed by atoms with E-state index in [9.17, 15) is 18.5 Å². The van der Waals surface area contributed by atoms with Crippen molar-refractivity contribution in [3.8, 4) is 0 Å². The number of urea groups is 1. The normalized spacial score (nSPS) is 16.7. The molecule has 2 amide bonds. The average molecular weight is 466 g/mol. The molecule has 2 aliphatic rings. The molecule has 4 N–H and O–H groups in total. The highest BCUT2D eigenvalue weighted by molar-refractivity contribution is 7.91. The number of nitrogens with one attached hydrogen (secondary N) is 1. The fourth-order valence-corrected chi connectivity index (χ4v) is 5.38. The lowest BCUT2D eigenvalue weighted by molar-refractivity contribution is 0.0744. The molecule has 0 spiro atoms. The maximum atomic E-state index is 14.4. The summed E-state index contributed by atoms with van der Waals surface area (Å²) in [6.45, 7) is 2.89. The molecule has 1 unspecified atom stereocenters. The van der Waals surface area contributed by atoms with Crippen molar-refractivity contribution in [1.82, 2.24) is 0 Å². The van der Waals surface area contributed by atoms with Crippen LogP contribution >= 0.6 is 13.5 Å². The van der Waals surface area contributed by atoms with Crippen molar-refractivity contribution in [3.05, 3.63) is 57.9 Å². The highest BCUT2D eigenvalue weighted by atomic mass is 32.2. The summed E-state index contributed by atoms with van der Waals surface area (Å²) in [4.78, 5) is 12.5. The Morgan fingerprint density at radius 2 is 1.71 bits per heavy atom. The fraction of sp³-hybridized carbons (Fsp3) is 0.409. The number of carbonyl (C=O) groups excluding carboxylic acids is 1. The molecule has 2 aromatic carbocycles. The van der Waals surface area contributed by atoms with Crippen LogP contribution in [0.1, 0.15) is 54.5 Å². The Morgan fingerprint density at radius 1 is 1.13 bits per heavy atom. The maximum absolute atomic E-state index is 14.4. The van der Waals surface area contributed by atoms with Gasteiger partial charge < -0.3 is 10.4 Å². The number of amides is 2. The van der Waals surface area contributed by atoms with E-state index in [1.54, 1.807) is 0 Å². The Hall–Kier alpha value is -1.94. The standard InChI is InChI=1S/C22H26FN3O3S.H2S/c1-22(2,28)18-10-9-15(12-19(18)23)30(24,29)26-21(27)25-20-16-7-3-5-13(16)11-14-6-4-8-17(14)20;/h9-12,28H,3-8H2,1-2H3,(H3,24,25,26,27,29);1H2. The van der Waals surface area contributed by atoms with E-state index in [1.165, 1.54) is 37.1 Å². The van der Waals surface area contributed by atoms with Crippen molar-refractivity contribution in [3.63, 3.8) is 0 Å². The molecule has 0 fully saturated rings. The van der Waals surface area contributed by atoms with Crippen LogP contribution in [0.3, 0.4) is 0 Å². The van der Waals surface area contributed by atoms with E-state index in [0.717, 1.165) is 61.4 Å². The van der Waals surface area contributed by atoms with Crippen molar-refractivity contribution >= 4 is 35.1 Å². The van der Waals surface area contributed by atoms with Crippen molar-refractivity contribution < 1.29 is 18.5 Å². The molecule has 0 saturated heterocycles. The van der Waals surface area contributed by atoms with Gasteiger partial charge in [-0.3, -0.25) is 0 Å². The zero-order valence-electron chi connectivity index (χ0n) is 17.6.